The first kappa shape index (κ1) is 21.3. The van der Waals surface area contributed by atoms with Gasteiger partial charge in [-0.1, -0.05) is 45.7 Å². The van der Waals surface area contributed by atoms with Gasteiger partial charge in [-0.3, -0.25) is 14.7 Å². The Labute approximate surface area is 180 Å². The van der Waals surface area contributed by atoms with E-state index in [-0.39, 0.29) is 32.3 Å². The molecule has 1 heterocycles. The third-order valence-electron chi connectivity index (χ3n) is 4.56. The van der Waals surface area contributed by atoms with Gasteiger partial charge in [-0.25, -0.2) is 0 Å². The first-order valence-corrected chi connectivity index (χ1v) is 10.3. The van der Waals surface area contributed by atoms with E-state index in [2.05, 4.69) is 63.3 Å². The molecular weight excluding hydrogens is 466 g/mol. The van der Waals surface area contributed by atoms with Gasteiger partial charge in [0.2, 0.25) is 0 Å². The number of nitro benzene ring substituents is 1. The number of fused-ring (bicyclic) bond motifs is 1. The maximum absolute atomic E-state index is 11.9. The highest BCUT2D eigenvalue weighted by atomic mass is 79.9. The van der Waals surface area contributed by atoms with Gasteiger partial charge in [0, 0.05) is 22.1 Å². The van der Waals surface area contributed by atoms with Gasteiger partial charge in [0.05, 0.1) is 32.1 Å². The van der Waals surface area contributed by atoms with Crippen molar-refractivity contribution in [2.24, 2.45) is 0 Å². The molecule has 0 atom stereocenters. The van der Waals surface area contributed by atoms with E-state index in [1.54, 1.807) is 0 Å². The molecule has 0 aliphatic carbocycles. The van der Waals surface area contributed by atoms with Crippen molar-refractivity contribution < 1.29 is 18.9 Å². The number of likely N-dealkylation sites (N-methyl/N-ethyl adjacent to an activating group) is 1. The van der Waals surface area contributed by atoms with E-state index < -0.39 is 4.92 Å². The molecule has 0 radical (unpaired) electrons. The van der Waals surface area contributed by atoms with Gasteiger partial charge in [-0.2, -0.15) is 0 Å². The number of hydrogen-bond donors (Lipinski definition) is 1. The number of anilines is 1. The summed E-state index contributed by atoms with van der Waals surface area (Å²) in [5, 5.41) is 30.7. The second-order valence-corrected chi connectivity index (χ2v) is 8.30. The van der Waals surface area contributed by atoms with Gasteiger partial charge in [0.15, 0.2) is 5.69 Å². The van der Waals surface area contributed by atoms with E-state index in [1.807, 2.05) is 6.07 Å². The van der Waals surface area contributed by atoms with Crippen LogP contribution in [0.2, 0.25) is 5.02 Å². The van der Waals surface area contributed by atoms with Gasteiger partial charge < -0.3 is 15.0 Å². The molecule has 0 saturated carbocycles. The predicted molar refractivity (Wildman–Crippen MR) is 113 cm³/mol. The fourth-order valence-electron chi connectivity index (χ4n) is 3.21. The van der Waals surface area contributed by atoms with Gasteiger partial charge in [0.25, 0.3) is 11.0 Å². The highest BCUT2D eigenvalue weighted by Crippen LogP contribution is 2.37. The number of nitrogens with one attached hydrogen (secondary N) is 1. The molecule has 154 valence electrons. The highest BCUT2D eigenvalue weighted by molar-refractivity contribution is 9.08. The van der Waals surface area contributed by atoms with Crippen molar-refractivity contribution in [3.63, 3.8) is 0 Å². The first-order chi connectivity index (χ1) is 13.7. The van der Waals surface area contributed by atoms with Gasteiger partial charge in [-0.15, -0.1) is 0 Å². The van der Waals surface area contributed by atoms with Crippen LogP contribution in [0.3, 0.4) is 0 Å². The Morgan fingerprint density at radius 3 is 2.76 bits per heavy atom. The molecule has 11 heteroatoms. The number of alkyl halides is 1. The van der Waals surface area contributed by atoms with Gasteiger partial charge in [-0.05, 0) is 16.5 Å². The summed E-state index contributed by atoms with van der Waals surface area (Å²) in [4.78, 5) is 11.0. The van der Waals surface area contributed by atoms with Crippen LogP contribution in [-0.4, -0.2) is 41.7 Å². The molecule has 0 spiro atoms. The number of benzene rings is 2. The Balaban J connectivity index is 1.79. The standard InChI is InChI=1S/C18H20BrClN5O4/c1-25(2,11-13-5-3-4-12(8-13)10-19)7-6-21-16-17(23(26)27)14(20)9-15-18(16)24(28)29-22-15/h3-5,8-9,21H,6-7,10-11H2,1-2H3/q+1. The third-order valence-corrected chi connectivity index (χ3v) is 5.50. The topological polar surface area (TPSA) is 108 Å². The lowest BCUT2D eigenvalue weighted by Crippen LogP contribution is -2.42. The molecule has 0 amide bonds. The van der Waals surface area contributed by atoms with Gasteiger partial charge >= 0.3 is 5.69 Å². The Morgan fingerprint density at radius 2 is 2.07 bits per heavy atom. The van der Waals surface area contributed by atoms with Crippen LogP contribution in [0.5, 0.6) is 0 Å². The number of rotatable bonds is 8. The van der Waals surface area contributed by atoms with E-state index in [0.717, 1.165) is 11.9 Å². The Hall–Kier alpha value is -2.43. The third kappa shape index (κ3) is 4.77. The SMILES string of the molecule is C[N+](C)(CCNc1c([N+](=O)[O-])c(Cl)cc2no[n+]([O-])c12)Cc1cccc(CBr)c1. The number of nitro groups is 1. The van der Waals surface area contributed by atoms with Crippen LogP contribution in [0.4, 0.5) is 11.4 Å². The maximum Gasteiger partial charge on any atom is 0.315 e. The Bertz CT molecular complexity index is 1060. The molecule has 0 unspecified atom stereocenters. The minimum Gasteiger partial charge on any atom is -0.370 e. The van der Waals surface area contributed by atoms with Crippen LogP contribution in [0, 0.1) is 15.3 Å². The van der Waals surface area contributed by atoms with Crippen molar-refractivity contribution in [3.8, 4) is 0 Å². The van der Waals surface area contributed by atoms with Crippen molar-refractivity contribution in [2.45, 2.75) is 11.9 Å². The fraction of sp³-hybridized carbons (Fsp3) is 0.333. The smallest absolute Gasteiger partial charge is 0.315 e. The average Bonchev–Trinajstić information content (AvgIpc) is 3.01. The summed E-state index contributed by atoms with van der Waals surface area (Å²) in [5.41, 5.74) is 2.14. The number of halogens is 2. The Morgan fingerprint density at radius 1 is 1.34 bits per heavy atom. The number of aromatic nitrogens is 2. The fourth-order valence-corrected chi connectivity index (χ4v) is 3.82. The van der Waals surface area contributed by atoms with Crippen LogP contribution in [0.15, 0.2) is 35.0 Å². The second kappa shape index (κ2) is 8.52. The second-order valence-electron chi connectivity index (χ2n) is 7.33. The van der Waals surface area contributed by atoms with E-state index >= 15 is 0 Å². The zero-order valence-electron chi connectivity index (χ0n) is 15.9. The number of nitrogens with zero attached hydrogens (tertiary/aromatic N) is 4. The van der Waals surface area contributed by atoms with Crippen molar-refractivity contribution in [3.05, 3.63) is 61.8 Å². The lowest BCUT2D eigenvalue weighted by molar-refractivity contribution is -0.902. The molecule has 0 aliphatic heterocycles. The molecule has 0 aliphatic rings. The number of quaternary nitrogens is 1. The molecule has 2 aromatic carbocycles. The van der Waals surface area contributed by atoms with Crippen LogP contribution in [0.25, 0.3) is 11.0 Å². The van der Waals surface area contributed by atoms with E-state index in [4.69, 9.17) is 11.6 Å². The molecule has 9 nitrogen and oxygen atoms in total. The van der Waals surface area contributed by atoms with Crippen LogP contribution < -0.4 is 10.2 Å². The minimum absolute atomic E-state index is 0.00929. The summed E-state index contributed by atoms with van der Waals surface area (Å²) >= 11 is 9.50. The number of hydrogen-bond acceptors (Lipinski definition) is 6. The maximum atomic E-state index is 11.9. The van der Waals surface area contributed by atoms with E-state index in [1.165, 1.54) is 17.2 Å². The van der Waals surface area contributed by atoms with Crippen molar-refractivity contribution >= 4 is 49.9 Å². The summed E-state index contributed by atoms with van der Waals surface area (Å²) < 4.78 is 5.21. The lowest BCUT2D eigenvalue weighted by atomic mass is 10.1. The van der Waals surface area contributed by atoms with Crippen LogP contribution in [0.1, 0.15) is 11.1 Å². The highest BCUT2D eigenvalue weighted by Gasteiger charge is 2.29. The summed E-state index contributed by atoms with van der Waals surface area (Å²) in [5.74, 6) is 0. The normalized spacial score (nSPS) is 11.7. The molecule has 1 N–H and O–H groups in total. The molecule has 3 rings (SSSR count). The monoisotopic (exact) mass is 484 g/mol. The van der Waals surface area contributed by atoms with Gasteiger partial charge in [0.1, 0.15) is 11.6 Å². The average molecular weight is 486 g/mol. The van der Waals surface area contributed by atoms with Crippen molar-refractivity contribution in [1.82, 2.24) is 5.16 Å². The lowest BCUT2D eigenvalue weighted by Gasteiger charge is -2.30. The largest absolute Gasteiger partial charge is 0.370 e. The summed E-state index contributed by atoms with van der Waals surface area (Å²) in [7, 11) is 4.13. The molecule has 29 heavy (non-hydrogen) atoms. The van der Waals surface area contributed by atoms with E-state index in [9.17, 15) is 15.3 Å². The zero-order chi connectivity index (χ0) is 21.2. The van der Waals surface area contributed by atoms with Crippen molar-refractivity contribution in [2.75, 3.05) is 32.5 Å². The first-order valence-electron chi connectivity index (χ1n) is 8.78. The zero-order valence-corrected chi connectivity index (χ0v) is 18.2. The predicted octanol–water partition coefficient (Wildman–Crippen LogP) is 3.61. The summed E-state index contributed by atoms with van der Waals surface area (Å²) in [6.07, 6.45) is 0. The Kier molecular flexibility index (Phi) is 6.25. The molecular formula is C18H20BrClN5O4+. The summed E-state index contributed by atoms with van der Waals surface area (Å²) in [6, 6.07) is 9.54. The summed E-state index contributed by atoms with van der Waals surface area (Å²) in [6.45, 7) is 1.81. The molecule has 0 bridgehead atoms. The van der Waals surface area contributed by atoms with Crippen LogP contribution >= 0.6 is 27.5 Å². The van der Waals surface area contributed by atoms with Crippen LogP contribution in [-0.2, 0) is 11.9 Å². The molecule has 3 aromatic rings. The minimum atomic E-state index is -0.622. The van der Waals surface area contributed by atoms with E-state index in [0.29, 0.717) is 17.6 Å². The molecule has 0 fully saturated rings. The quantitative estimate of drug-likeness (QED) is 0.172. The molecule has 0 saturated heterocycles. The molecule has 1 aromatic heterocycles. The van der Waals surface area contributed by atoms with Crippen molar-refractivity contribution in [1.29, 1.82) is 0 Å².